The Balaban J connectivity index is 2.88. The fourth-order valence-corrected chi connectivity index (χ4v) is 1.62. The average molecular weight is 274 g/mol. The molecule has 15 heavy (non-hydrogen) atoms. The normalized spacial score (nSPS) is 10.1. The number of aromatic nitrogens is 1. The standard InChI is InChI=1S/C9H12BrN3O2/c1-13-5-6(4-7(10)9(13)15)12-8(14)2-3-11/h4-5H,2-3,11H2,1H3,(H,12,14). The third-order valence-electron chi connectivity index (χ3n) is 1.79. The average Bonchev–Trinajstić information content (AvgIpc) is 2.14. The number of carbonyl (C=O) groups excluding carboxylic acids is 1. The molecular formula is C9H12BrN3O2. The lowest BCUT2D eigenvalue weighted by molar-refractivity contribution is -0.116. The highest BCUT2D eigenvalue weighted by Crippen LogP contribution is 2.11. The van der Waals surface area contributed by atoms with Crippen molar-refractivity contribution in [1.29, 1.82) is 0 Å². The summed E-state index contributed by atoms with van der Waals surface area (Å²) in [7, 11) is 1.62. The van der Waals surface area contributed by atoms with Crippen molar-refractivity contribution in [2.45, 2.75) is 6.42 Å². The van der Waals surface area contributed by atoms with E-state index in [2.05, 4.69) is 21.2 Å². The van der Waals surface area contributed by atoms with Gasteiger partial charge in [0.05, 0.1) is 10.2 Å². The summed E-state index contributed by atoms with van der Waals surface area (Å²) in [5, 5.41) is 2.64. The van der Waals surface area contributed by atoms with Crippen LogP contribution < -0.4 is 16.6 Å². The summed E-state index contributed by atoms with van der Waals surface area (Å²) in [6, 6.07) is 1.57. The Morgan fingerprint density at radius 2 is 2.33 bits per heavy atom. The minimum Gasteiger partial charge on any atom is -0.330 e. The van der Waals surface area contributed by atoms with Crippen molar-refractivity contribution in [3.8, 4) is 0 Å². The van der Waals surface area contributed by atoms with Gasteiger partial charge in [0.25, 0.3) is 5.56 Å². The van der Waals surface area contributed by atoms with Crippen LogP contribution in [0.3, 0.4) is 0 Å². The molecule has 5 nitrogen and oxygen atoms in total. The van der Waals surface area contributed by atoms with Crippen LogP contribution in [0.2, 0.25) is 0 Å². The number of hydrogen-bond donors (Lipinski definition) is 2. The highest BCUT2D eigenvalue weighted by molar-refractivity contribution is 9.10. The third-order valence-corrected chi connectivity index (χ3v) is 2.36. The van der Waals surface area contributed by atoms with Gasteiger partial charge in [0.15, 0.2) is 0 Å². The van der Waals surface area contributed by atoms with Gasteiger partial charge in [0.1, 0.15) is 0 Å². The van der Waals surface area contributed by atoms with Crippen LogP contribution in [0.1, 0.15) is 6.42 Å². The number of aryl methyl sites for hydroxylation is 1. The van der Waals surface area contributed by atoms with Gasteiger partial charge in [-0.2, -0.15) is 0 Å². The lowest BCUT2D eigenvalue weighted by Crippen LogP contribution is -2.20. The summed E-state index contributed by atoms with van der Waals surface area (Å²) in [4.78, 5) is 22.5. The van der Waals surface area contributed by atoms with E-state index in [1.807, 2.05) is 0 Å². The quantitative estimate of drug-likeness (QED) is 0.839. The molecule has 0 aliphatic heterocycles. The molecule has 1 amide bonds. The molecule has 3 N–H and O–H groups in total. The first kappa shape index (κ1) is 11.9. The van der Waals surface area contributed by atoms with Crippen molar-refractivity contribution >= 4 is 27.5 Å². The van der Waals surface area contributed by atoms with Crippen molar-refractivity contribution in [2.24, 2.45) is 12.8 Å². The van der Waals surface area contributed by atoms with Crippen molar-refractivity contribution in [1.82, 2.24) is 4.57 Å². The number of hydrogen-bond acceptors (Lipinski definition) is 3. The number of halogens is 1. The van der Waals surface area contributed by atoms with Crippen LogP contribution in [0.15, 0.2) is 21.5 Å². The Bertz CT molecular complexity index is 402. The van der Waals surface area contributed by atoms with Crippen molar-refractivity contribution in [3.05, 3.63) is 27.1 Å². The van der Waals surface area contributed by atoms with Crippen LogP contribution in [-0.4, -0.2) is 17.0 Å². The zero-order valence-corrected chi connectivity index (χ0v) is 9.87. The van der Waals surface area contributed by atoms with Gasteiger partial charge in [0.2, 0.25) is 5.91 Å². The molecule has 0 radical (unpaired) electrons. The van der Waals surface area contributed by atoms with Crippen LogP contribution in [0.5, 0.6) is 0 Å². The number of carbonyl (C=O) groups is 1. The van der Waals surface area contributed by atoms with Crippen molar-refractivity contribution in [3.63, 3.8) is 0 Å². The lowest BCUT2D eigenvalue weighted by Gasteiger charge is -2.06. The molecule has 0 fully saturated rings. The molecule has 0 atom stereocenters. The van der Waals surface area contributed by atoms with E-state index in [0.29, 0.717) is 16.7 Å². The van der Waals surface area contributed by atoms with E-state index in [1.165, 1.54) is 4.57 Å². The van der Waals surface area contributed by atoms with Crippen LogP contribution in [0.25, 0.3) is 0 Å². The first-order valence-electron chi connectivity index (χ1n) is 4.40. The second kappa shape index (κ2) is 5.09. The van der Waals surface area contributed by atoms with Crippen LogP contribution >= 0.6 is 15.9 Å². The molecule has 6 heteroatoms. The lowest BCUT2D eigenvalue weighted by atomic mass is 10.3. The number of nitrogens with one attached hydrogen (secondary N) is 1. The minimum atomic E-state index is -0.164. The maximum Gasteiger partial charge on any atom is 0.264 e. The molecule has 0 saturated carbocycles. The number of nitrogens with two attached hydrogens (primary N) is 1. The number of amides is 1. The number of pyridine rings is 1. The van der Waals surface area contributed by atoms with Gasteiger partial charge in [-0.3, -0.25) is 9.59 Å². The maximum atomic E-state index is 11.3. The second-order valence-corrected chi connectivity index (χ2v) is 3.93. The maximum absolute atomic E-state index is 11.3. The Morgan fingerprint density at radius 3 is 2.87 bits per heavy atom. The predicted molar refractivity (Wildman–Crippen MR) is 61.7 cm³/mol. The molecule has 0 aliphatic rings. The Morgan fingerprint density at radius 1 is 1.67 bits per heavy atom. The number of nitrogens with zero attached hydrogens (tertiary/aromatic N) is 1. The van der Waals surface area contributed by atoms with Crippen molar-refractivity contribution < 1.29 is 4.79 Å². The summed E-state index contributed by atoms with van der Waals surface area (Å²) >= 11 is 3.12. The molecule has 0 saturated heterocycles. The summed E-state index contributed by atoms with van der Waals surface area (Å²) in [6.45, 7) is 0.304. The van der Waals surface area contributed by atoms with E-state index >= 15 is 0 Å². The van der Waals surface area contributed by atoms with E-state index in [4.69, 9.17) is 5.73 Å². The third kappa shape index (κ3) is 3.17. The van der Waals surface area contributed by atoms with Gasteiger partial charge < -0.3 is 15.6 Å². The van der Waals surface area contributed by atoms with Gasteiger partial charge >= 0.3 is 0 Å². The van der Waals surface area contributed by atoms with Gasteiger partial charge in [-0.15, -0.1) is 0 Å². The molecule has 1 rings (SSSR count). The number of rotatable bonds is 3. The van der Waals surface area contributed by atoms with E-state index in [9.17, 15) is 9.59 Å². The second-order valence-electron chi connectivity index (χ2n) is 3.08. The van der Waals surface area contributed by atoms with Crippen molar-refractivity contribution in [2.75, 3.05) is 11.9 Å². The molecule has 1 heterocycles. The Labute approximate surface area is 95.4 Å². The summed E-state index contributed by atoms with van der Waals surface area (Å²) in [5.74, 6) is -0.164. The van der Waals surface area contributed by atoms with Crippen LogP contribution in [0, 0.1) is 0 Å². The molecule has 0 aliphatic carbocycles. The number of anilines is 1. The fraction of sp³-hybridized carbons (Fsp3) is 0.333. The fourth-order valence-electron chi connectivity index (χ4n) is 1.09. The molecule has 82 valence electrons. The molecule has 0 bridgehead atoms. The summed E-state index contributed by atoms with van der Waals surface area (Å²) in [6.07, 6.45) is 1.82. The smallest absolute Gasteiger partial charge is 0.264 e. The molecule has 0 unspecified atom stereocenters. The first-order chi connectivity index (χ1) is 7.04. The van der Waals surface area contributed by atoms with Crippen LogP contribution in [-0.2, 0) is 11.8 Å². The first-order valence-corrected chi connectivity index (χ1v) is 5.20. The largest absolute Gasteiger partial charge is 0.330 e. The highest BCUT2D eigenvalue weighted by Gasteiger charge is 2.04. The predicted octanol–water partition coefficient (Wildman–Crippen LogP) is 0.435. The SMILES string of the molecule is Cn1cc(NC(=O)CCN)cc(Br)c1=O. The van der Waals surface area contributed by atoms with E-state index < -0.39 is 0 Å². The van der Waals surface area contributed by atoms with E-state index in [1.54, 1.807) is 19.3 Å². The topological polar surface area (TPSA) is 77.1 Å². The van der Waals surface area contributed by atoms with Gasteiger partial charge in [-0.25, -0.2) is 0 Å². The highest BCUT2D eigenvalue weighted by atomic mass is 79.9. The summed E-state index contributed by atoms with van der Waals surface area (Å²) < 4.78 is 1.80. The van der Waals surface area contributed by atoms with Gasteiger partial charge in [0, 0.05) is 26.2 Å². The van der Waals surface area contributed by atoms with Crippen LogP contribution in [0.4, 0.5) is 5.69 Å². The molecule has 0 aromatic carbocycles. The minimum absolute atomic E-state index is 0.146. The van der Waals surface area contributed by atoms with E-state index in [0.717, 1.165) is 0 Å². The van der Waals surface area contributed by atoms with Gasteiger partial charge in [-0.05, 0) is 22.0 Å². The van der Waals surface area contributed by atoms with E-state index in [-0.39, 0.29) is 17.9 Å². The molecule has 1 aromatic rings. The van der Waals surface area contributed by atoms with Gasteiger partial charge in [-0.1, -0.05) is 0 Å². The zero-order valence-electron chi connectivity index (χ0n) is 8.29. The molecular weight excluding hydrogens is 262 g/mol. The Kier molecular flexibility index (Phi) is 4.05. The monoisotopic (exact) mass is 273 g/mol. The zero-order chi connectivity index (χ0) is 11.4. The Hall–Kier alpha value is -1.14. The summed E-state index contributed by atoms with van der Waals surface area (Å²) in [5.41, 5.74) is 5.67. The molecule has 1 aromatic heterocycles. The molecule has 0 spiro atoms.